The summed E-state index contributed by atoms with van der Waals surface area (Å²) in [5.41, 5.74) is 5.97. The number of nitrogens with two attached hydrogens (primary N) is 1. The number of nitrogens with one attached hydrogen (secondary N) is 1. The largest absolute Gasteiger partial charge is 0.389 e. The first-order valence-electron chi connectivity index (χ1n) is 6.00. The zero-order valence-electron chi connectivity index (χ0n) is 10.8. The number of carbonyl (C=O) groups is 1. The Bertz CT molecular complexity index is 667. The van der Waals surface area contributed by atoms with E-state index >= 15 is 0 Å². The molecule has 2 rings (SSSR count). The number of hydrogen-bond acceptors (Lipinski definition) is 3. The Morgan fingerprint density at radius 1 is 1.40 bits per heavy atom. The molecule has 0 fully saturated rings. The van der Waals surface area contributed by atoms with E-state index in [4.69, 9.17) is 18.0 Å². The normalized spacial score (nSPS) is 10.3. The highest BCUT2D eigenvalue weighted by Crippen LogP contribution is 2.20. The number of amides is 1. The van der Waals surface area contributed by atoms with Crippen LogP contribution in [0.4, 0.5) is 10.1 Å². The molecule has 1 aromatic heterocycles. The monoisotopic (exact) mass is 308 g/mol. The van der Waals surface area contributed by atoms with Gasteiger partial charge in [0.1, 0.15) is 10.8 Å². The first-order valence-corrected chi connectivity index (χ1v) is 7.23. The highest BCUT2D eigenvalue weighted by Gasteiger charge is 2.12. The summed E-state index contributed by atoms with van der Waals surface area (Å²) < 4.78 is 13.8. The van der Waals surface area contributed by atoms with Crippen molar-refractivity contribution in [2.24, 2.45) is 5.73 Å². The maximum atomic E-state index is 13.8. The van der Waals surface area contributed by atoms with Gasteiger partial charge in [0.05, 0.1) is 10.6 Å². The highest BCUT2D eigenvalue weighted by molar-refractivity contribution is 7.80. The lowest BCUT2D eigenvalue weighted by molar-refractivity contribution is 0.103. The van der Waals surface area contributed by atoms with Gasteiger partial charge in [0, 0.05) is 10.4 Å². The molecule has 0 aliphatic carbocycles. The van der Waals surface area contributed by atoms with E-state index in [0.717, 1.165) is 11.3 Å². The van der Waals surface area contributed by atoms with E-state index in [2.05, 4.69) is 5.32 Å². The van der Waals surface area contributed by atoms with Crippen LogP contribution in [0.2, 0.25) is 0 Å². The number of hydrogen-bond donors (Lipinski definition) is 2. The Balaban J connectivity index is 2.17. The fourth-order valence-electron chi connectivity index (χ4n) is 1.64. The fraction of sp³-hybridized carbons (Fsp3) is 0.143. The molecular weight excluding hydrogens is 295 g/mol. The molecule has 0 atom stereocenters. The zero-order valence-corrected chi connectivity index (χ0v) is 12.4. The van der Waals surface area contributed by atoms with Gasteiger partial charge in [0.15, 0.2) is 0 Å². The van der Waals surface area contributed by atoms with Crippen molar-refractivity contribution in [3.05, 3.63) is 51.5 Å². The molecule has 0 aliphatic rings. The first-order chi connectivity index (χ1) is 9.51. The summed E-state index contributed by atoms with van der Waals surface area (Å²) in [5, 5.41) is 2.54. The number of thiophene rings is 1. The van der Waals surface area contributed by atoms with Crippen molar-refractivity contribution in [3.8, 4) is 0 Å². The van der Waals surface area contributed by atoms with Crippen LogP contribution in [0.15, 0.2) is 30.3 Å². The molecule has 0 aliphatic heterocycles. The van der Waals surface area contributed by atoms with E-state index in [1.807, 2.05) is 13.0 Å². The van der Waals surface area contributed by atoms with E-state index in [9.17, 15) is 9.18 Å². The number of thiocarbonyl (C=S) groups is 1. The Kier molecular flexibility index (Phi) is 4.46. The van der Waals surface area contributed by atoms with Crippen molar-refractivity contribution in [3.63, 3.8) is 0 Å². The van der Waals surface area contributed by atoms with Gasteiger partial charge in [0.25, 0.3) is 5.91 Å². The smallest absolute Gasteiger partial charge is 0.265 e. The number of anilines is 1. The van der Waals surface area contributed by atoms with Crippen LogP contribution < -0.4 is 11.1 Å². The molecule has 104 valence electrons. The third kappa shape index (κ3) is 3.20. The Labute approximate surface area is 125 Å². The van der Waals surface area contributed by atoms with E-state index in [-0.39, 0.29) is 16.6 Å². The highest BCUT2D eigenvalue weighted by atomic mass is 32.1. The molecule has 1 heterocycles. The van der Waals surface area contributed by atoms with Crippen molar-refractivity contribution in [2.45, 2.75) is 13.3 Å². The van der Waals surface area contributed by atoms with Gasteiger partial charge in [-0.3, -0.25) is 4.79 Å². The average Bonchev–Trinajstić information content (AvgIpc) is 2.89. The van der Waals surface area contributed by atoms with Crippen molar-refractivity contribution in [2.75, 3.05) is 5.32 Å². The predicted octanol–water partition coefficient (Wildman–Crippen LogP) is 3.34. The minimum Gasteiger partial charge on any atom is -0.389 e. The van der Waals surface area contributed by atoms with Crippen molar-refractivity contribution >= 4 is 40.1 Å². The lowest BCUT2D eigenvalue weighted by Crippen LogP contribution is -2.13. The molecule has 0 saturated carbocycles. The molecule has 0 spiro atoms. The van der Waals surface area contributed by atoms with Gasteiger partial charge in [-0.25, -0.2) is 4.39 Å². The zero-order chi connectivity index (χ0) is 14.7. The molecule has 1 amide bonds. The third-order valence-electron chi connectivity index (χ3n) is 2.74. The summed E-state index contributed by atoms with van der Waals surface area (Å²) in [6, 6.07) is 7.87. The fourth-order valence-corrected chi connectivity index (χ4v) is 2.61. The lowest BCUT2D eigenvalue weighted by atomic mass is 10.2. The molecule has 20 heavy (non-hydrogen) atoms. The second-order valence-electron chi connectivity index (χ2n) is 4.13. The van der Waals surface area contributed by atoms with Gasteiger partial charge >= 0.3 is 0 Å². The molecule has 3 nitrogen and oxygen atoms in total. The number of halogens is 1. The van der Waals surface area contributed by atoms with Crippen LogP contribution >= 0.6 is 23.6 Å². The van der Waals surface area contributed by atoms with Crippen LogP contribution in [0, 0.1) is 5.82 Å². The maximum absolute atomic E-state index is 13.8. The summed E-state index contributed by atoms with van der Waals surface area (Å²) in [4.78, 5) is 13.8. The Morgan fingerprint density at radius 2 is 2.15 bits per heavy atom. The molecular formula is C14H13FN2OS2. The summed E-state index contributed by atoms with van der Waals surface area (Å²) in [7, 11) is 0. The van der Waals surface area contributed by atoms with Gasteiger partial charge in [-0.2, -0.15) is 0 Å². The van der Waals surface area contributed by atoms with Crippen molar-refractivity contribution in [1.29, 1.82) is 0 Å². The average molecular weight is 308 g/mol. The van der Waals surface area contributed by atoms with Gasteiger partial charge < -0.3 is 11.1 Å². The lowest BCUT2D eigenvalue weighted by Gasteiger charge is -2.06. The van der Waals surface area contributed by atoms with E-state index in [1.54, 1.807) is 12.1 Å². The summed E-state index contributed by atoms with van der Waals surface area (Å²) in [6.45, 7) is 2.02. The van der Waals surface area contributed by atoms with Crippen LogP contribution in [-0.4, -0.2) is 10.9 Å². The topological polar surface area (TPSA) is 55.1 Å². The molecule has 6 heteroatoms. The number of carbonyl (C=O) groups excluding carboxylic acids is 1. The Hall–Kier alpha value is -1.79. The van der Waals surface area contributed by atoms with Crippen LogP contribution in [-0.2, 0) is 6.42 Å². The van der Waals surface area contributed by atoms with Gasteiger partial charge in [-0.15, -0.1) is 11.3 Å². The van der Waals surface area contributed by atoms with Crippen molar-refractivity contribution in [1.82, 2.24) is 0 Å². The maximum Gasteiger partial charge on any atom is 0.265 e. The third-order valence-corrected chi connectivity index (χ3v) is 4.20. The number of aryl methyl sites for hydroxylation is 1. The minimum absolute atomic E-state index is 0.112. The van der Waals surface area contributed by atoms with Crippen LogP contribution in [0.3, 0.4) is 0 Å². The molecule has 0 saturated heterocycles. The predicted molar refractivity (Wildman–Crippen MR) is 83.9 cm³/mol. The van der Waals surface area contributed by atoms with Crippen LogP contribution in [0.1, 0.15) is 27.0 Å². The minimum atomic E-state index is -0.559. The molecule has 0 unspecified atom stereocenters. The summed E-state index contributed by atoms with van der Waals surface area (Å²) >= 11 is 6.17. The second-order valence-corrected chi connectivity index (χ2v) is 5.74. The molecule has 0 bridgehead atoms. The molecule has 1 aromatic carbocycles. The van der Waals surface area contributed by atoms with Crippen LogP contribution in [0.5, 0.6) is 0 Å². The molecule has 0 radical (unpaired) electrons. The molecule has 3 N–H and O–H groups in total. The summed E-state index contributed by atoms with van der Waals surface area (Å²) in [5.74, 6) is -0.882. The quantitative estimate of drug-likeness (QED) is 0.852. The van der Waals surface area contributed by atoms with E-state index in [0.29, 0.717) is 10.4 Å². The second kappa shape index (κ2) is 6.11. The van der Waals surface area contributed by atoms with Crippen molar-refractivity contribution < 1.29 is 9.18 Å². The van der Waals surface area contributed by atoms with Gasteiger partial charge in [-0.1, -0.05) is 19.1 Å². The first kappa shape index (κ1) is 14.6. The van der Waals surface area contributed by atoms with Gasteiger partial charge in [0.2, 0.25) is 0 Å². The summed E-state index contributed by atoms with van der Waals surface area (Å²) in [6.07, 6.45) is 0.870. The molecule has 2 aromatic rings. The number of benzene rings is 1. The van der Waals surface area contributed by atoms with Gasteiger partial charge in [-0.05, 0) is 36.8 Å². The number of rotatable bonds is 4. The standard InChI is InChI=1S/C14H13FN2OS2/c1-2-9-4-6-12(20-9)14(18)17-11-5-3-8(13(16)19)7-10(11)15/h3-7H,2H2,1H3,(H2,16,19)(H,17,18). The van der Waals surface area contributed by atoms with E-state index in [1.165, 1.54) is 23.5 Å². The van der Waals surface area contributed by atoms with Crippen LogP contribution in [0.25, 0.3) is 0 Å². The SMILES string of the molecule is CCc1ccc(C(=O)Nc2ccc(C(N)=S)cc2F)s1. The Morgan fingerprint density at radius 3 is 2.70 bits per heavy atom. The van der Waals surface area contributed by atoms with E-state index < -0.39 is 5.82 Å².